The Kier molecular flexibility index (Phi) is 9.82. The van der Waals surface area contributed by atoms with Crippen LogP contribution in [-0.2, 0) is 25.4 Å². The molecule has 0 aliphatic rings. The zero-order chi connectivity index (χ0) is 27.8. The lowest BCUT2D eigenvalue weighted by molar-refractivity contribution is -0.141. The third-order valence-corrected chi connectivity index (χ3v) is 4.61. The molecule has 0 saturated heterocycles. The molecular formula is C28H35NO8. The monoisotopic (exact) mass is 513 g/mol. The molecule has 0 heterocycles. The van der Waals surface area contributed by atoms with Crippen LogP contribution in [0.15, 0.2) is 48.5 Å². The topological polar surface area (TPSA) is 117 Å². The summed E-state index contributed by atoms with van der Waals surface area (Å²) in [6, 6.07) is 12.6. The van der Waals surface area contributed by atoms with Crippen LogP contribution in [0.3, 0.4) is 0 Å². The average Bonchev–Trinajstić information content (AvgIpc) is 2.75. The Balaban J connectivity index is 2.04. The van der Waals surface area contributed by atoms with Gasteiger partial charge in [-0.2, -0.15) is 0 Å². The van der Waals surface area contributed by atoms with Crippen LogP contribution < -0.4 is 10.1 Å². The lowest BCUT2D eigenvalue weighted by atomic mass is 9.99. The Hall–Kier alpha value is -3.88. The van der Waals surface area contributed by atoms with Gasteiger partial charge in [0.2, 0.25) is 0 Å². The van der Waals surface area contributed by atoms with E-state index in [1.807, 2.05) is 0 Å². The lowest BCUT2D eigenvalue weighted by Gasteiger charge is -2.23. The summed E-state index contributed by atoms with van der Waals surface area (Å²) in [7, 11) is 0. The van der Waals surface area contributed by atoms with Crippen molar-refractivity contribution < 1.29 is 38.1 Å². The first-order chi connectivity index (χ1) is 17.1. The summed E-state index contributed by atoms with van der Waals surface area (Å²) in [6.07, 6.45) is -1.08. The second kappa shape index (κ2) is 12.4. The summed E-state index contributed by atoms with van der Waals surface area (Å²) in [4.78, 5) is 48.2. The number of amides is 1. The SMILES string of the molecule is CC(=O)OC[C@H](Cc1ccc(C(=O)c2ccc(OC(=O)OC(C)(C)C)cc2)cc1)NC(=O)OC(C)(C)C. The van der Waals surface area contributed by atoms with Crippen molar-refractivity contribution in [3.8, 4) is 5.75 Å². The Morgan fingerprint density at radius 2 is 1.30 bits per heavy atom. The van der Waals surface area contributed by atoms with Gasteiger partial charge >= 0.3 is 18.2 Å². The normalized spacial score (nSPS) is 12.2. The number of ether oxygens (including phenoxy) is 4. The van der Waals surface area contributed by atoms with Gasteiger partial charge in [-0.15, -0.1) is 0 Å². The lowest BCUT2D eigenvalue weighted by Crippen LogP contribution is -2.43. The quantitative estimate of drug-likeness (QED) is 0.221. The zero-order valence-electron chi connectivity index (χ0n) is 22.4. The molecule has 0 spiro atoms. The average molecular weight is 514 g/mol. The van der Waals surface area contributed by atoms with Crippen LogP contribution in [0.1, 0.15) is 70.0 Å². The molecule has 1 amide bonds. The molecule has 0 fully saturated rings. The Morgan fingerprint density at radius 1 is 0.784 bits per heavy atom. The molecule has 0 saturated carbocycles. The molecule has 0 aromatic heterocycles. The van der Waals surface area contributed by atoms with Gasteiger partial charge in [-0.3, -0.25) is 9.59 Å². The first kappa shape index (κ1) is 29.4. The highest BCUT2D eigenvalue weighted by Crippen LogP contribution is 2.18. The first-order valence-corrected chi connectivity index (χ1v) is 11.9. The van der Waals surface area contributed by atoms with Gasteiger partial charge in [-0.1, -0.05) is 24.3 Å². The second-order valence-corrected chi connectivity index (χ2v) is 10.5. The molecule has 200 valence electrons. The van der Waals surface area contributed by atoms with Crippen LogP contribution in [0.2, 0.25) is 0 Å². The minimum absolute atomic E-state index is 0.0209. The number of esters is 1. The van der Waals surface area contributed by atoms with Gasteiger partial charge in [0.05, 0.1) is 6.04 Å². The van der Waals surface area contributed by atoms with Crippen molar-refractivity contribution in [1.29, 1.82) is 0 Å². The Morgan fingerprint density at radius 3 is 1.78 bits per heavy atom. The summed E-state index contributed by atoms with van der Waals surface area (Å²) < 4.78 is 20.6. The highest BCUT2D eigenvalue weighted by molar-refractivity contribution is 6.09. The molecule has 0 radical (unpaired) electrons. The van der Waals surface area contributed by atoms with E-state index >= 15 is 0 Å². The summed E-state index contributed by atoms with van der Waals surface area (Å²) in [6.45, 7) is 11.7. The summed E-state index contributed by atoms with van der Waals surface area (Å²) in [5, 5.41) is 2.72. The van der Waals surface area contributed by atoms with Crippen LogP contribution in [0.5, 0.6) is 5.75 Å². The number of carbonyl (C=O) groups is 4. The van der Waals surface area contributed by atoms with E-state index in [2.05, 4.69) is 5.32 Å². The molecule has 1 N–H and O–H groups in total. The van der Waals surface area contributed by atoms with E-state index in [9.17, 15) is 19.2 Å². The predicted molar refractivity (Wildman–Crippen MR) is 137 cm³/mol. The number of nitrogens with one attached hydrogen (secondary N) is 1. The minimum atomic E-state index is -0.824. The highest BCUT2D eigenvalue weighted by Gasteiger charge is 2.21. The van der Waals surface area contributed by atoms with Crippen LogP contribution in [-0.4, -0.2) is 47.9 Å². The fourth-order valence-electron chi connectivity index (χ4n) is 3.13. The van der Waals surface area contributed by atoms with Crippen molar-refractivity contribution in [2.75, 3.05) is 6.61 Å². The number of alkyl carbamates (subject to hydrolysis) is 1. The largest absolute Gasteiger partial charge is 0.514 e. The van der Waals surface area contributed by atoms with Crippen LogP contribution >= 0.6 is 0 Å². The maximum atomic E-state index is 12.9. The molecule has 9 nitrogen and oxygen atoms in total. The van der Waals surface area contributed by atoms with Crippen molar-refractivity contribution in [3.63, 3.8) is 0 Å². The maximum Gasteiger partial charge on any atom is 0.514 e. The van der Waals surface area contributed by atoms with Gasteiger partial charge in [-0.05, 0) is 77.8 Å². The summed E-state index contributed by atoms with van der Waals surface area (Å²) in [5.41, 5.74) is 0.361. The van der Waals surface area contributed by atoms with Crippen LogP contribution in [0, 0.1) is 0 Å². The highest BCUT2D eigenvalue weighted by atomic mass is 16.7. The van der Waals surface area contributed by atoms with Crippen molar-refractivity contribution in [2.24, 2.45) is 0 Å². The van der Waals surface area contributed by atoms with E-state index in [-0.39, 0.29) is 18.1 Å². The van der Waals surface area contributed by atoms with Crippen molar-refractivity contribution in [2.45, 2.75) is 72.1 Å². The van der Waals surface area contributed by atoms with E-state index in [1.54, 1.807) is 77.9 Å². The molecule has 0 bridgehead atoms. The Labute approximate surface area is 217 Å². The molecule has 0 unspecified atom stereocenters. The van der Waals surface area contributed by atoms with Gasteiger partial charge in [0.1, 0.15) is 23.6 Å². The Bertz CT molecular complexity index is 1090. The smallest absolute Gasteiger partial charge is 0.464 e. The van der Waals surface area contributed by atoms with Crippen molar-refractivity contribution in [1.82, 2.24) is 5.32 Å². The van der Waals surface area contributed by atoms with Crippen LogP contribution in [0.4, 0.5) is 9.59 Å². The molecule has 2 aromatic carbocycles. The van der Waals surface area contributed by atoms with Gasteiger partial charge in [0.15, 0.2) is 5.78 Å². The fraction of sp³-hybridized carbons (Fsp3) is 0.429. The number of ketones is 1. The van der Waals surface area contributed by atoms with E-state index in [0.717, 1.165) is 5.56 Å². The third kappa shape index (κ3) is 11.2. The van der Waals surface area contributed by atoms with Gasteiger partial charge in [0.25, 0.3) is 0 Å². The molecule has 37 heavy (non-hydrogen) atoms. The molecule has 2 rings (SSSR count). The number of carbonyl (C=O) groups excluding carboxylic acids is 4. The molecular weight excluding hydrogens is 478 g/mol. The molecule has 9 heteroatoms. The van der Waals surface area contributed by atoms with Crippen LogP contribution in [0.25, 0.3) is 0 Å². The van der Waals surface area contributed by atoms with Gasteiger partial charge in [0, 0.05) is 18.1 Å². The third-order valence-electron chi connectivity index (χ3n) is 4.61. The number of hydrogen-bond acceptors (Lipinski definition) is 8. The number of hydrogen-bond donors (Lipinski definition) is 1. The van der Waals surface area contributed by atoms with Gasteiger partial charge < -0.3 is 24.3 Å². The first-order valence-electron chi connectivity index (χ1n) is 11.9. The number of rotatable bonds is 8. The van der Waals surface area contributed by atoms with E-state index < -0.39 is 35.5 Å². The summed E-state index contributed by atoms with van der Waals surface area (Å²) in [5.74, 6) is -0.407. The van der Waals surface area contributed by atoms with Crippen molar-refractivity contribution >= 4 is 24.0 Å². The minimum Gasteiger partial charge on any atom is -0.464 e. The zero-order valence-corrected chi connectivity index (χ0v) is 22.4. The summed E-state index contributed by atoms with van der Waals surface area (Å²) >= 11 is 0. The predicted octanol–water partition coefficient (Wildman–Crippen LogP) is 5.23. The van der Waals surface area contributed by atoms with E-state index in [1.165, 1.54) is 19.1 Å². The maximum absolute atomic E-state index is 12.9. The number of benzene rings is 2. The molecule has 1 atom stereocenters. The van der Waals surface area contributed by atoms with Gasteiger partial charge in [-0.25, -0.2) is 9.59 Å². The molecule has 0 aliphatic carbocycles. The van der Waals surface area contributed by atoms with Crippen molar-refractivity contribution in [3.05, 3.63) is 65.2 Å². The fourth-order valence-corrected chi connectivity index (χ4v) is 3.13. The van der Waals surface area contributed by atoms with E-state index in [0.29, 0.717) is 17.5 Å². The second-order valence-electron chi connectivity index (χ2n) is 10.5. The molecule has 0 aliphatic heterocycles. The molecule has 2 aromatic rings. The standard InChI is InChI=1S/C28H35NO8/c1-18(30)34-17-22(29-25(32)36-27(2,3)4)16-19-8-10-20(11-9-19)24(31)21-12-14-23(15-13-21)35-26(33)37-28(5,6)7/h8-15,22H,16-17H2,1-7H3,(H,29,32)/t22-/m0/s1. The van der Waals surface area contributed by atoms with E-state index in [4.69, 9.17) is 18.9 Å².